The molecule has 0 aliphatic carbocycles. The van der Waals surface area contributed by atoms with Crippen molar-refractivity contribution in [2.24, 2.45) is 4.99 Å². The van der Waals surface area contributed by atoms with Crippen molar-refractivity contribution >= 4 is 46.0 Å². The van der Waals surface area contributed by atoms with Crippen LogP contribution in [0.3, 0.4) is 0 Å². The smallest absolute Gasteiger partial charge is 0.322 e. The van der Waals surface area contributed by atoms with Gasteiger partial charge in [-0.15, -0.1) is 0 Å². The Morgan fingerprint density at radius 1 is 0.919 bits per heavy atom. The van der Waals surface area contributed by atoms with Gasteiger partial charge in [-0.3, -0.25) is 14.7 Å². The van der Waals surface area contributed by atoms with Gasteiger partial charge in [-0.1, -0.05) is 74.3 Å². The highest BCUT2D eigenvalue weighted by molar-refractivity contribution is 6.64. The molecule has 3 aromatic carbocycles. The van der Waals surface area contributed by atoms with Crippen LogP contribution in [0.4, 0.5) is 4.79 Å². The number of halogens is 3. The van der Waals surface area contributed by atoms with E-state index in [1.54, 1.807) is 4.90 Å². The lowest BCUT2D eigenvalue weighted by atomic mass is 9.71. The van der Waals surface area contributed by atoms with Crippen molar-refractivity contribution in [3.8, 4) is 5.75 Å². The van der Waals surface area contributed by atoms with Gasteiger partial charge in [0.15, 0.2) is 0 Å². The number of aliphatic imine (C=N–C) groups is 1. The van der Waals surface area contributed by atoms with Crippen LogP contribution in [0.2, 0.25) is 10.0 Å². The van der Waals surface area contributed by atoms with Crippen molar-refractivity contribution in [2.45, 2.75) is 58.0 Å². The molecule has 0 saturated carbocycles. The van der Waals surface area contributed by atoms with Crippen LogP contribution in [0.15, 0.2) is 71.7 Å². The topological polar surface area (TPSA) is 41.9 Å². The lowest BCUT2D eigenvalue weighted by Gasteiger charge is -2.44. The summed E-state index contributed by atoms with van der Waals surface area (Å²) in [5.74, 6) is 1.09. The molecule has 0 spiro atoms. The fourth-order valence-corrected chi connectivity index (χ4v) is 5.49. The van der Waals surface area contributed by atoms with Crippen LogP contribution in [-0.2, 0) is 16.5 Å². The standard InChI is InChI=1S/C30H31Cl3N2O2/c1-7-37-25-18-21(28(2,3)4)12-17-24(25)26-34-29(5,19-8-13-22(31)14-9-19)30(6,35(26)27(33)36)20-10-15-23(32)16-11-20/h8-18H,7H2,1-6H3. The van der Waals surface area contributed by atoms with E-state index in [1.165, 1.54) is 0 Å². The van der Waals surface area contributed by atoms with Gasteiger partial charge in [0.1, 0.15) is 22.7 Å². The molecule has 4 nitrogen and oxygen atoms in total. The van der Waals surface area contributed by atoms with E-state index >= 15 is 0 Å². The first-order valence-electron chi connectivity index (χ1n) is 12.2. The number of ether oxygens (including phenoxy) is 1. The van der Waals surface area contributed by atoms with Crippen LogP contribution in [-0.4, -0.2) is 22.7 Å². The first-order valence-corrected chi connectivity index (χ1v) is 13.4. The Labute approximate surface area is 234 Å². The third kappa shape index (κ3) is 4.76. The summed E-state index contributed by atoms with van der Waals surface area (Å²) in [7, 11) is 0. The Kier molecular flexibility index (Phi) is 7.42. The van der Waals surface area contributed by atoms with Crippen LogP contribution >= 0.6 is 34.8 Å². The number of amides is 1. The highest BCUT2D eigenvalue weighted by atomic mass is 35.5. The summed E-state index contributed by atoms with van der Waals surface area (Å²) < 4.78 is 6.10. The maximum Gasteiger partial charge on any atom is 0.322 e. The largest absolute Gasteiger partial charge is 0.493 e. The highest BCUT2D eigenvalue weighted by Crippen LogP contribution is 2.54. The number of carbonyl (C=O) groups excluding carboxylic acids is 1. The van der Waals surface area contributed by atoms with Gasteiger partial charge in [0, 0.05) is 10.0 Å². The second-order valence-electron chi connectivity index (χ2n) is 10.6. The highest BCUT2D eigenvalue weighted by Gasteiger charge is 2.59. The van der Waals surface area contributed by atoms with Gasteiger partial charge in [0.25, 0.3) is 0 Å². The van der Waals surface area contributed by atoms with Crippen LogP contribution < -0.4 is 4.74 Å². The first-order chi connectivity index (χ1) is 17.3. The normalized spacial score (nSPS) is 21.6. The molecule has 0 aromatic heterocycles. The molecular weight excluding hydrogens is 527 g/mol. The van der Waals surface area contributed by atoms with Crippen molar-refractivity contribution in [3.05, 3.63) is 99.0 Å². The Balaban J connectivity index is 2.03. The summed E-state index contributed by atoms with van der Waals surface area (Å²) >= 11 is 18.8. The van der Waals surface area contributed by atoms with Crippen LogP contribution in [0.5, 0.6) is 5.75 Å². The summed E-state index contributed by atoms with van der Waals surface area (Å²) in [6, 6.07) is 21.0. The Hall–Kier alpha value is -2.53. The monoisotopic (exact) mass is 556 g/mol. The van der Waals surface area contributed by atoms with Crippen molar-refractivity contribution in [3.63, 3.8) is 0 Å². The first kappa shape index (κ1) is 27.5. The zero-order valence-corrected chi connectivity index (χ0v) is 24.2. The molecule has 0 N–H and O–H groups in total. The molecule has 0 fully saturated rings. The van der Waals surface area contributed by atoms with Crippen molar-refractivity contribution < 1.29 is 9.53 Å². The van der Waals surface area contributed by atoms with Crippen molar-refractivity contribution in [1.82, 2.24) is 4.90 Å². The van der Waals surface area contributed by atoms with Gasteiger partial charge in [0.2, 0.25) is 0 Å². The molecule has 1 heterocycles. The second-order valence-corrected chi connectivity index (χ2v) is 11.8. The quantitative estimate of drug-likeness (QED) is 0.232. The van der Waals surface area contributed by atoms with Gasteiger partial charge < -0.3 is 4.74 Å². The Morgan fingerprint density at radius 2 is 1.46 bits per heavy atom. The fourth-order valence-electron chi connectivity index (χ4n) is 4.99. The summed E-state index contributed by atoms with van der Waals surface area (Å²) in [6.45, 7) is 12.8. The predicted molar refractivity (Wildman–Crippen MR) is 154 cm³/mol. The maximum atomic E-state index is 13.3. The van der Waals surface area contributed by atoms with Crippen LogP contribution in [0.1, 0.15) is 63.8 Å². The third-order valence-electron chi connectivity index (χ3n) is 7.31. The number of hydrogen-bond donors (Lipinski definition) is 0. The molecule has 7 heteroatoms. The zero-order valence-electron chi connectivity index (χ0n) is 21.9. The van der Waals surface area contributed by atoms with Crippen molar-refractivity contribution in [2.75, 3.05) is 6.61 Å². The average molecular weight is 558 g/mol. The van der Waals surface area contributed by atoms with E-state index in [2.05, 4.69) is 26.8 Å². The molecule has 3 aromatic rings. The molecule has 0 saturated heterocycles. The number of rotatable bonds is 5. The van der Waals surface area contributed by atoms with Crippen LogP contribution in [0, 0.1) is 0 Å². The molecule has 0 radical (unpaired) electrons. The van der Waals surface area contributed by atoms with Crippen LogP contribution in [0.25, 0.3) is 0 Å². The van der Waals surface area contributed by atoms with E-state index in [4.69, 9.17) is 44.5 Å². The SMILES string of the molecule is CCOc1cc(C(C)(C)C)ccc1C1=NC(C)(c2ccc(Cl)cc2)C(C)(c2ccc(Cl)cc2)N1C(=O)Cl. The van der Waals surface area contributed by atoms with Crippen molar-refractivity contribution in [1.29, 1.82) is 0 Å². The van der Waals surface area contributed by atoms with E-state index in [9.17, 15) is 4.79 Å². The molecule has 2 unspecified atom stereocenters. The zero-order chi connectivity index (χ0) is 27.2. The Morgan fingerprint density at radius 3 is 1.95 bits per heavy atom. The van der Waals surface area contributed by atoms with E-state index in [-0.39, 0.29) is 5.41 Å². The Bertz CT molecular complexity index is 1350. The molecule has 1 aliphatic rings. The molecule has 1 aliphatic heterocycles. The summed E-state index contributed by atoms with van der Waals surface area (Å²) in [6.07, 6.45) is 0. The number of nitrogens with zero attached hydrogens (tertiary/aromatic N) is 2. The summed E-state index contributed by atoms with van der Waals surface area (Å²) in [4.78, 5) is 20.1. The summed E-state index contributed by atoms with van der Waals surface area (Å²) in [5.41, 5.74) is 1.54. The second kappa shape index (κ2) is 9.98. The molecule has 194 valence electrons. The predicted octanol–water partition coefficient (Wildman–Crippen LogP) is 8.94. The lowest BCUT2D eigenvalue weighted by Crippen LogP contribution is -2.53. The maximum absolute atomic E-state index is 13.3. The number of carbonyl (C=O) groups is 1. The van der Waals surface area contributed by atoms with E-state index in [0.29, 0.717) is 33.8 Å². The molecule has 0 bridgehead atoms. The van der Waals surface area contributed by atoms with Gasteiger partial charge >= 0.3 is 5.37 Å². The van der Waals surface area contributed by atoms with Gasteiger partial charge in [-0.05, 0) is 90.9 Å². The molecule has 2 atom stereocenters. The minimum atomic E-state index is -0.994. The molecule has 37 heavy (non-hydrogen) atoms. The fraction of sp³-hybridized carbons (Fsp3) is 0.333. The van der Waals surface area contributed by atoms with E-state index in [1.807, 2.05) is 81.4 Å². The van der Waals surface area contributed by atoms with E-state index < -0.39 is 16.4 Å². The number of hydrogen-bond acceptors (Lipinski definition) is 3. The van der Waals surface area contributed by atoms with Gasteiger partial charge in [-0.25, -0.2) is 0 Å². The molecule has 1 amide bonds. The molecular formula is C30H31Cl3N2O2. The lowest BCUT2D eigenvalue weighted by molar-refractivity contribution is 0.149. The molecule has 4 rings (SSSR count). The number of benzene rings is 3. The summed E-state index contributed by atoms with van der Waals surface area (Å²) in [5, 5.41) is 0.570. The average Bonchev–Trinajstić information content (AvgIpc) is 3.08. The van der Waals surface area contributed by atoms with Gasteiger partial charge in [-0.2, -0.15) is 0 Å². The minimum absolute atomic E-state index is 0.0838. The minimum Gasteiger partial charge on any atom is -0.493 e. The van der Waals surface area contributed by atoms with E-state index in [0.717, 1.165) is 16.7 Å². The van der Waals surface area contributed by atoms with Gasteiger partial charge in [0.05, 0.1) is 12.2 Å². The number of amidine groups is 1. The third-order valence-corrected chi connectivity index (χ3v) is 7.99.